The van der Waals surface area contributed by atoms with E-state index < -0.39 is 0 Å². The van der Waals surface area contributed by atoms with E-state index in [1.807, 2.05) is 21.1 Å². The first-order chi connectivity index (χ1) is 7.45. The van der Waals surface area contributed by atoms with Gasteiger partial charge in [0.25, 0.3) is 0 Å². The van der Waals surface area contributed by atoms with E-state index in [0.29, 0.717) is 12.3 Å². The highest BCUT2D eigenvalue weighted by molar-refractivity contribution is 5.85. The average Bonchev–Trinajstić information content (AvgIpc) is 2.12. The molecule has 1 unspecified atom stereocenters. The fourth-order valence-electron chi connectivity index (χ4n) is 1.73. The van der Waals surface area contributed by atoms with E-state index in [1.54, 1.807) is 0 Å². The number of nitrogens with zero attached hydrogens (tertiary/aromatic N) is 1. The van der Waals surface area contributed by atoms with Crippen LogP contribution in [0.3, 0.4) is 0 Å². The summed E-state index contributed by atoms with van der Waals surface area (Å²) in [5.74, 6) is 0.747. The molecule has 0 fully saturated rings. The molecule has 18 heavy (non-hydrogen) atoms. The summed E-state index contributed by atoms with van der Waals surface area (Å²) in [6.45, 7) is 6.01. The average molecular weight is 302 g/mol. The van der Waals surface area contributed by atoms with Crippen LogP contribution in [0.25, 0.3) is 0 Å². The Labute approximate surface area is 124 Å². The van der Waals surface area contributed by atoms with Crippen LogP contribution in [-0.4, -0.2) is 51.1 Å². The molecule has 6 heteroatoms. The minimum absolute atomic E-state index is 0. The van der Waals surface area contributed by atoms with Gasteiger partial charge in [0.05, 0.1) is 0 Å². The maximum absolute atomic E-state index is 11.6. The van der Waals surface area contributed by atoms with Crippen molar-refractivity contribution in [2.24, 2.45) is 5.92 Å². The van der Waals surface area contributed by atoms with Crippen LogP contribution in [0.1, 0.15) is 26.7 Å². The molecule has 0 aromatic heterocycles. The molecule has 0 bridgehead atoms. The molecule has 0 radical (unpaired) electrons. The van der Waals surface area contributed by atoms with Crippen molar-refractivity contribution in [1.82, 2.24) is 15.5 Å². The first-order valence-electron chi connectivity index (χ1n) is 6.04. The molecule has 4 nitrogen and oxygen atoms in total. The number of likely N-dealkylation sites (N-methyl/N-ethyl adjacent to an activating group) is 1. The number of carbonyl (C=O) groups excluding carboxylic acids is 1. The summed E-state index contributed by atoms with van der Waals surface area (Å²) >= 11 is 0. The fraction of sp³-hybridized carbons (Fsp3) is 0.917. The smallest absolute Gasteiger partial charge is 0.221 e. The second kappa shape index (κ2) is 13.4. The summed E-state index contributed by atoms with van der Waals surface area (Å²) in [6, 6.07) is 0.263. The van der Waals surface area contributed by atoms with Crippen LogP contribution in [0.4, 0.5) is 0 Å². The van der Waals surface area contributed by atoms with Gasteiger partial charge in [-0.15, -0.1) is 24.8 Å². The number of halogens is 2. The molecular formula is C12H29Cl2N3O. The van der Waals surface area contributed by atoms with Gasteiger partial charge in [-0.2, -0.15) is 0 Å². The Morgan fingerprint density at radius 3 is 2.17 bits per heavy atom. The summed E-state index contributed by atoms with van der Waals surface area (Å²) in [6.07, 6.45) is 1.59. The molecular weight excluding hydrogens is 273 g/mol. The van der Waals surface area contributed by atoms with Gasteiger partial charge in [0.15, 0.2) is 0 Å². The quantitative estimate of drug-likeness (QED) is 0.715. The van der Waals surface area contributed by atoms with Crippen molar-refractivity contribution >= 4 is 30.7 Å². The minimum atomic E-state index is 0. The topological polar surface area (TPSA) is 44.4 Å². The molecule has 0 spiro atoms. The Bertz CT molecular complexity index is 192. The Kier molecular flexibility index (Phi) is 17.2. The summed E-state index contributed by atoms with van der Waals surface area (Å²) < 4.78 is 0. The summed E-state index contributed by atoms with van der Waals surface area (Å²) in [5, 5.41) is 6.08. The van der Waals surface area contributed by atoms with Gasteiger partial charge >= 0.3 is 0 Å². The van der Waals surface area contributed by atoms with Gasteiger partial charge < -0.3 is 15.5 Å². The maximum Gasteiger partial charge on any atom is 0.221 e. The van der Waals surface area contributed by atoms with Crippen molar-refractivity contribution in [2.75, 3.05) is 34.2 Å². The predicted octanol–water partition coefficient (Wildman–Crippen LogP) is 1.53. The van der Waals surface area contributed by atoms with Crippen molar-refractivity contribution in [1.29, 1.82) is 0 Å². The number of rotatable bonds is 8. The van der Waals surface area contributed by atoms with Crippen LogP contribution in [0.15, 0.2) is 0 Å². The van der Waals surface area contributed by atoms with E-state index >= 15 is 0 Å². The van der Waals surface area contributed by atoms with Crippen LogP contribution in [0.2, 0.25) is 0 Å². The third-order valence-corrected chi connectivity index (χ3v) is 2.31. The number of amides is 1. The van der Waals surface area contributed by atoms with Gasteiger partial charge in [-0.3, -0.25) is 4.79 Å². The summed E-state index contributed by atoms with van der Waals surface area (Å²) in [7, 11) is 5.93. The zero-order valence-corrected chi connectivity index (χ0v) is 13.8. The Balaban J connectivity index is -0.00000112. The molecule has 2 N–H and O–H groups in total. The SMILES string of the molecule is CNCCC(=O)NC(CC(C)C)CN(C)C.Cl.Cl. The zero-order valence-electron chi connectivity index (χ0n) is 12.2. The number of hydrogen-bond donors (Lipinski definition) is 2. The van der Waals surface area contributed by atoms with Crippen molar-refractivity contribution in [3.8, 4) is 0 Å². The van der Waals surface area contributed by atoms with E-state index in [9.17, 15) is 4.79 Å². The number of nitrogens with one attached hydrogen (secondary N) is 2. The molecule has 0 saturated heterocycles. The van der Waals surface area contributed by atoms with Crippen molar-refractivity contribution in [2.45, 2.75) is 32.7 Å². The Morgan fingerprint density at radius 1 is 1.22 bits per heavy atom. The third kappa shape index (κ3) is 14.0. The molecule has 0 aliphatic heterocycles. The van der Waals surface area contributed by atoms with Gasteiger partial charge in [-0.25, -0.2) is 0 Å². The van der Waals surface area contributed by atoms with Crippen LogP contribution in [-0.2, 0) is 4.79 Å². The van der Waals surface area contributed by atoms with Crippen molar-refractivity contribution in [3.05, 3.63) is 0 Å². The van der Waals surface area contributed by atoms with Gasteiger partial charge in [0.1, 0.15) is 0 Å². The molecule has 0 rings (SSSR count). The second-order valence-electron chi connectivity index (χ2n) is 5.01. The lowest BCUT2D eigenvalue weighted by atomic mass is 10.0. The second-order valence-corrected chi connectivity index (χ2v) is 5.01. The van der Waals surface area contributed by atoms with E-state index in [2.05, 4.69) is 29.4 Å². The highest BCUT2D eigenvalue weighted by Gasteiger charge is 2.14. The van der Waals surface area contributed by atoms with Crippen LogP contribution >= 0.6 is 24.8 Å². The first-order valence-corrected chi connectivity index (χ1v) is 6.04. The van der Waals surface area contributed by atoms with Crippen LogP contribution in [0.5, 0.6) is 0 Å². The van der Waals surface area contributed by atoms with Crippen LogP contribution in [0, 0.1) is 5.92 Å². The molecule has 0 aliphatic carbocycles. The van der Waals surface area contributed by atoms with Gasteiger partial charge in [0.2, 0.25) is 5.91 Å². The molecule has 1 atom stereocenters. The lowest BCUT2D eigenvalue weighted by Gasteiger charge is -2.24. The molecule has 0 aromatic carbocycles. The fourth-order valence-corrected chi connectivity index (χ4v) is 1.73. The monoisotopic (exact) mass is 301 g/mol. The van der Waals surface area contributed by atoms with E-state index in [0.717, 1.165) is 19.5 Å². The Hall–Kier alpha value is -0.0300. The van der Waals surface area contributed by atoms with E-state index in [1.165, 1.54) is 0 Å². The van der Waals surface area contributed by atoms with Crippen molar-refractivity contribution < 1.29 is 4.79 Å². The molecule has 0 heterocycles. The Morgan fingerprint density at radius 2 is 1.78 bits per heavy atom. The molecule has 0 saturated carbocycles. The summed E-state index contributed by atoms with van der Waals surface area (Å²) in [4.78, 5) is 13.7. The zero-order chi connectivity index (χ0) is 12.6. The highest BCUT2D eigenvalue weighted by Crippen LogP contribution is 2.05. The van der Waals surface area contributed by atoms with E-state index in [4.69, 9.17) is 0 Å². The van der Waals surface area contributed by atoms with E-state index in [-0.39, 0.29) is 36.8 Å². The lowest BCUT2D eigenvalue weighted by molar-refractivity contribution is -0.121. The molecule has 112 valence electrons. The van der Waals surface area contributed by atoms with Crippen molar-refractivity contribution in [3.63, 3.8) is 0 Å². The van der Waals surface area contributed by atoms with Crippen LogP contribution < -0.4 is 10.6 Å². The largest absolute Gasteiger partial charge is 0.352 e. The maximum atomic E-state index is 11.6. The lowest BCUT2D eigenvalue weighted by Crippen LogP contribution is -2.43. The number of hydrogen-bond acceptors (Lipinski definition) is 3. The van der Waals surface area contributed by atoms with Gasteiger partial charge in [-0.1, -0.05) is 13.8 Å². The third-order valence-electron chi connectivity index (χ3n) is 2.31. The molecule has 0 aromatic rings. The van der Waals surface area contributed by atoms with Gasteiger partial charge in [0, 0.05) is 25.6 Å². The first kappa shape index (κ1) is 23.1. The summed E-state index contributed by atoms with van der Waals surface area (Å²) in [5.41, 5.74) is 0. The number of carbonyl (C=O) groups is 1. The highest BCUT2D eigenvalue weighted by atomic mass is 35.5. The standard InChI is InChI=1S/C12H27N3O.2ClH/c1-10(2)8-11(9-15(4)5)14-12(16)6-7-13-3;;/h10-11,13H,6-9H2,1-5H3,(H,14,16);2*1H. The minimum Gasteiger partial charge on any atom is -0.352 e. The molecule has 1 amide bonds. The normalized spacial score (nSPS) is 11.7. The molecule has 0 aliphatic rings. The van der Waals surface area contributed by atoms with Gasteiger partial charge in [-0.05, 0) is 33.5 Å². The predicted molar refractivity (Wildman–Crippen MR) is 83.0 cm³/mol.